The number of rotatable bonds is 6. The second-order valence-corrected chi connectivity index (χ2v) is 6.48. The normalized spacial score (nSPS) is 17.8. The van der Waals surface area contributed by atoms with Crippen LogP contribution in [0.15, 0.2) is 72.2 Å². The summed E-state index contributed by atoms with van der Waals surface area (Å²) in [5.41, 5.74) is 5.13. The molecule has 29 heavy (non-hydrogen) atoms. The van der Waals surface area contributed by atoms with Gasteiger partial charge in [-0.15, -0.1) is 0 Å². The second kappa shape index (κ2) is 7.68. The van der Waals surface area contributed by atoms with Gasteiger partial charge in [0.05, 0.1) is 6.54 Å². The molecule has 3 aromatic rings. The Balaban J connectivity index is 1.57. The van der Waals surface area contributed by atoms with Gasteiger partial charge in [-0.25, -0.2) is 18.4 Å². The molecule has 9 nitrogen and oxygen atoms in total. The van der Waals surface area contributed by atoms with E-state index in [0.29, 0.717) is 5.56 Å². The van der Waals surface area contributed by atoms with Crippen LogP contribution in [-0.2, 0) is 23.5 Å². The molecule has 0 bridgehead atoms. The van der Waals surface area contributed by atoms with Crippen molar-refractivity contribution in [3.05, 3.63) is 94.8 Å². The van der Waals surface area contributed by atoms with Crippen LogP contribution in [0.4, 0.5) is 4.39 Å². The molecule has 3 heterocycles. The van der Waals surface area contributed by atoms with E-state index in [4.69, 9.17) is 0 Å². The number of aromatic nitrogens is 4. The van der Waals surface area contributed by atoms with E-state index < -0.39 is 17.3 Å². The van der Waals surface area contributed by atoms with Gasteiger partial charge in [0, 0.05) is 25.1 Å². The van der Waals surface area contributed by atoms with E-state index in [9.17, 15) is 14.0 Å². The maximum absolute atomic E-state index is 13.1. The minimum Gasteiger partial charge on any atom is -0.348 e. The highest BCUT2D eigenvalue weighted by Crippen LogP contribution is 2.16. The summed E-state index contributed by atoms with van der Waals surface area (Å²) < 4.78 is 15.5. The van der Waals surface area contributed by atoms with E-state index in [2.05, 4.69) is 26.3 Å². The lowest BCUT2D eigenvalue weighted by atomic mass is 10.1. The third-order valence-corrected chi connectivity index (χ3v) is 4.55. The number of hydrazine groups is 1. The number of halogens is 1. The lowest BCUT2D eigenvalue weighted by Gasteiger charge is -2.26. The first-order valence-corrected chi connectivity index (χ1v) is 8.85. The average Bonchev–Trinajstić information content (AvgIpc) is 3.37. The van der Waals surface area contributed by atoms with Crippen molar-refractivity contribution in [1.82, 2.24) is 35.5 Å². The monoisotopic (exact) mass is 395 g/mol. The Morgan fingerprint density at radius 3 is 2.72 bits per heavy atom. The number of pyridine rings is 1. The summed E-state index contributed by atoms with van der Waals surface area (Å²) in [5.74, 6) is -0.798. The maximum Gasteiger partial charge on any atom is 0.348 e. The van der Waals surface area contributed by atoms with E-state index in [0.717, 1.165) is 5.56 Å². The van der Waals surface area contributed by atoms with E-state index in [1.807, 2.05) is 6.07 Å². The zero-order chi connectivity index (χ0) is 20.3. The summed E-state index contributed by atoms with van der Waals surface area (Å²) in [6, 6.07) is 9.39. The Labute approximate surface area is 164 Å². The van der Waals surface area contributed by atoms with Gasteiger partial charge >= 0.3 is 5.69 Å². The summed E-state index contributed by atoms with van der Waals surface area (Å²) in [5, 5.41) is 6.91. The van der Waals surface area contributed by atoms with Gasteiger partial charge in [-0.2, -0.15) is 10.5 Å². The van der Waals surface area contributed by atoms with Crippen LogP contribution in [0.25, 0.3) is 0 Å². The Hall–Kier alpha value is -3.79. The van der Waals surface area contributed by atoms with Crippen molar-refractivity contribution >= 4 is 5.91 Å². The molecule has 4 rings (SSSR count). The SMILES string of the molecule is O=C(NCc1cccnc1)C1(n2cnn(Cc3ccc(F)cc3)c2=O)C=CNN1. The van der Waals surface area contributed by atoms with E-state index in [1.54, 1.807) is 30.6 Å². The number of nitrogens with one attached hydrogen (secondary N) is 3. The smallest absolute Gasteiger partial charge is 0.348 e. The fraction of sp³-hybridized carbons (Fsp3) is 0.158. The van der Waals surface area contributed by atoms with E-state index in [-0.39, 0.29) is 18.9 Å². The molecule has 1 aromatic carbocycles. The molecular formula is C19H18FN7O2. The van der Waals surface area contributed by atoms with Crippen molar-refractivity contribution in [3.8, 4) is 0 Å². The number of benzene rings is 1. The number of carbonyl (C=O) groups is 1. The number of hydrogen-bond donors (Lipinski definition) is 3. The van der Waals surface area contributed by atoms with Crippen LogP contribution in [0.1, 0.15) is 11.1 Å². The van der Waals surface area contributed by atoms with Crippen molar-refractivity contribution in [2.75, 3.05) is 0 Å². The fourth-order valence-electron chi connectivity index (χ4n) is 3.01. The molecule has 1 aliphatic heterocycles. The minimum absolute atomic E-state index is 0.149. The molecule has 0 fully saturated rings. The largest absolute Gasteiger partial charge is 0.348 e. The first-order valence-electron chi connectivity index (χ1n) is 8.85. The third-order valence-electron chi connectivity index (χ3n) is 4.55. The van der Waals surface area contributed by atoms with Gasteiger partial charge in [-0.05, 0) is 35.4 Å². The predicted octanol–water partition coefficient (Wildman–Crippen LogP) is 0.218. The Morgan fingerprint density at radius 2 is 2.03 bits per heavy atom. The summed E-state index contributed by atoms with van der Waals surface area (Å²) in [7, 11) is 0. The van der Waals surface area contributed by atoms with Crippen LogP contribution < -0.4 is 21.9 Å². The van der Waals surface area contributed by atoms with Gasteiger partial charge in [0.1, 0.15) is 12.1 Å². The molecule has 2 aromatic heterocycles. The van der Waals surface area contributed by atoms with Crippen LogP contribution in [0.5, 0.6) is 0 Å². The van der Waals surface area contributed by atoms with Gasteiger partial charge in [-0.1, -0.05) is 18.2 Å². The number of amides is 1. The Morgan fingerprint density at radius 1 is 1.21 bits per heavy atom. The zero-order valence-corrected chi connectivity index (χ0v) is 15.2. The predicted molar refractivity (Wildman–Crippen MR) is 101 cm³/mol. The molecule has 0 radical (unpaired) electrons. The molecule has 3 N–H and O–H groups in total. The van der Waals surface area contributed by atoms with Crippen LogP contribution in [0.3, 0.4) is 0 Å². The van der Waals surface area contributed by atoms with Crippen molar-refractivity contribution in [3.63, 3.8) is 0 Å². The van der Waals surface area contributed by atoms with Gasteiger partial charge in [0.25, 0.3) is 5.91 Å². The zero-order valence-electron chi connectivity index (χ0n) is 15.2. The summed E-state index contributed by atoms with van der Waals surface area (Å²) in [4.78, 5) is 29.9. The first kappa shape index (κ1) is 18.6. The molecule has 1 aliphatic rings. The van der Waals surface area contributed by atoms with Crippen LogP contribution in [-0.4, -0.2) is 25.2 Å². The van der Waals surface area contributed by atoms with Crippen molar-refractivity contribution in [2.45, 2.75) is 18.8 Å². The standard InChI is InChI=1S/C19H18FN7O2/c20-16-5-3-14(4-6-16)12-27-18(29)26(13-24-27)19(7-9-23-25-19)17(28)22-11-15-2-1-8-21-10-15/h1-10,13,23,25H,11-12H2,(H,22,28). The highest BCUT2D eigenvalue weighted by molar-refractivity contribution is 5.86. The highest BCUT2D eigenvalue weighted by atomic mass is 19.1. The van der Waals surface area contributed by atoms with Gasteiger partial charge in [0.15, 0.2) is 0 Å². The molecule has 0 saturated carbocycles. The molecule has 0 spiro atoms. The van der Waals surface area contributed by atoms with Crippen LogP contribution in [0.2, 0.25) is 0 Å². The number of nitrogens with zero attached hydrogens (tertiary/aromatic N) is 4. The molecule has 1 unspecified atom stereocenters. The molecule has 0 aliphatic carbocycles. The molecule has 1 atom stereocenters. The molecule has 1 amide bonds. The van der Waals surface area contributed by atoms with Crippen LogP contribution >= 0.6 is 0 Å². The number of hydrogen-bond acceptors (Lipinski definition) is 6. The van der Waals surface area contributed by atoms with Crippen molar-refractivity contribution < 1.29 is 9.18 Å². The summed E-state index contributed by atoms with van der Waals surface area (Å²) >= 11 is 0. The van der Waals surface area contributed by atoms with Crippen molar-refractivity contribution in [1.29, 1.82) is 0 Å². The summed E-state index contributed by atoms with van der Waals surface area (Å²) in [6.45, 7) is 0.402. The molecule has 0 saturated heterocycles. The Bertz CT molecular complexity index is 1090. The van der Waals surface area contributed by atoms with Gasteiger partial charge in [-0.3, -0.25) is 9.78 Å². The molecule has 148 valence electrons. The summed E-state index contributed by atoms with van der Waals surface area (Å²) in [6.07, 6.45) is 7.66. The second-order valence-electron chi connectivity index (χ2n) is 6.48. The molecule has 10 heteroatoms. The minimum atomic E-state index is -1.47. The first-order chi connectivity index (χ1) is 14.1. The Kier molecular flexibility index (Phi) is 4.92. The molecular weight excluding hydrogens is 377 g/mol. The third kappa shape index (κ3) is 3.65. The lowest BCUT2D eigenvalue weighted by molar-refractivity contribution is -0.129. The van der Waals surface area contributed by atoms with Gasteiger partial charge in [0.2, 0.25) is 5.66 Å². The highest BCUT2D eigenvalue weighted by Gasteiger charge is 2.42. The average molecular weight is 395 g/mol. The van der Waals surface area contributed by atoms with E-state index in [1.165, 1.54) is 40.0 Å². The maximum atomic E-state index is 13.1. The fourth-order valence-corrected chi connectivity index (χ4v) is 3.01. The topological polar surface area (TPSA) is 106 Å². The van der Waals surface area contributed by atoms with Crippen molar-refractivity contribution in [2.24, 2.45) is 0 Å². The van der Waals surface area contributed by atoms with Gasteiger partial charge < -0.3 is 10.7 Å². The van der Waals surface area contributed by atoms with Crippen LogP contribution in [0, 0.1) is 5.82 Å². The number of carbonyl (C=O) groups excluding carboxylic acids is 1. The lowest BCUT2D eigenvalue weighted by Crippen LogP contribution is -2.59. The quantitative estimate of drug-likeness (QED) is 0.551. The van der Waals surface area contributed by atoms with E-state index >= 15 is 0 Å².